The van der Waals surface area contributed by atoms with E-state index in [1.54, 1.807) is 0 Å². The number of non-ortho nitro benzene ring substituents is 1. The molecule has 1 aliphatic carbocycles. The van der Waals surface area contributed by atoms with Gasteiger partial charge in [0.2, 0.25) is 11.8 Å². The van der Waals surface area contributed by atoms with Gasteiger partial charge < -0.3 is 14.2 Å². The van der Waals surface area contributed by atoms with E-state index < -0.39 is 10.9 Å². The van der Waals surface area contributed by atoms with E-state index in [-0.39, 0.29) is 62.3 Å². The zero-order chi connectivity index (χ0) is 21.3. The Hall–Kier alpha value is -3.01. The first-order valence-corrected chi connectivity index (χ1v) is 9.97. The van der Waals surface area contributed by atoms with Crippen molar-refractivity contribution >= 4 is 23.5 Å². The summed E-state index contributed by atoms with van der Waals surface area (Å²) in [5.41, 5.74) is 0.734. The van der Waals surface area contributed by atoms with Gasteiger partial charge in [-0.15, -0.1) is 0 Å². The molecule has 4 rings (SSSR count). The highest BCUT2D eigenvalue weighted by Crippen LogP contribution is 2.38. The number of hydrogen-bond acceptors (Lipinski definition) is 8. The van der Waals surface area contributed by atoms with Gasteiger partial charge in [0.05, 0.1) is 29.8 Å². The van der Waals surface area contributed by atoms with Crippen molar-refractivity contribution in [2.75, 3.05) is 13.3 Å². The molecular formula is C20H22N2O8. The quantitative estimate of drug-likeness (QED) is 0.297. The van der Waals surface area contributed by atoms with Gasteiger partial charge >= 0.3 is 5.97 Å². The van der Waals surface area contributed by atoms with E-state index in [0.717, 1.165) is 25.7 Å². The van der Waals surface area contributed by atoms with Gasteiger partial charge in [-0.05, 0) is 12.8 Å². The Morgan fingerprint density at radius 3 is 2.57 bits per heavy atom. The summed E-state index contributed by atoms with van der Waals surface area (Å²) in [7, 11) is 0. The van der Waals surface area contributed by atoms with Crippen LogP contribution in [-0.4, -0.2) is 40.9 Å². The number of benzene rings is 1. The van der Waals surface area contributed by atoms with E-state index in [0.29, 0.717) is 16.9 Å². The molecule has 0 N–H and O–H groups in total. The lowest BCUT2D eigenvalue weighted by Gasteiger charge is -2.20. The molecule has 2 atom stereocenters. The zero-order valence-corrected chi connectivity index (χ0v) is 16.3. The Morgan fingerprint density at radius 1 is 1.20 bits per heavy atom. The number of nitrogens with zero attached hydrogens (tertiary/aromatic N) is 2. The van der Waals surface area contributed by atoms with Crippen molar-refractivity contribution in [2.45, 2.75) is 45.3 Å². The van der Waals surface area contributed by atoms with Gasteiger partial charge in [0, 0.05) is 29.8 Å². The number of rotatable bonds is 6. The molecule has 2 amide bonds. The molecule has 1 saturated carbocycles. The number of nitro groups is 1. The van der Waals surface area contributed by atoms with E-state index in [9.17, 15) is 24.5 Å². The SMILES string of the molecule is O=C(CCN1C(=O)[C@H]2CCCC[C@@H]2C1=O)OCc1cc([N+](=O)[O-])cc2c1OCOC2. The van der Waals surface area contributed by atoms with Crippen molar-refractivity contribution in [1.82, 2.24) is 4.90 Å². The summed E-state index contributed by atoms with van der Waals surface area (Å²) in [4.78, 5) is 48.9. The van der Waals surface area contributed by atoms with E-state index in [1.165, 1.54) is 17.0 Å². The van der Waals surface area contributed by atoms with Gasteiger partial charge in [0.1, 0.15) is 12.4 Å². The summed E-state index contributed by atoms with van der Waals surface area (Å²) >= 11 is 0. The summed E-state index contributed by atoms with van der Waals surface area (Å²) < 4.78 is 15.8. The number of hydrogen-bond donors (Lipinski definition) is 0. The van der Waals surface area contributed by atoms with Crippen molar-refractivity contribution in [3.63, 3.8) is 0 Å². The fraction of sp³-hybridized carbons (Fsp3) is 0.550. The maximum Gasteiger partial charge on any atom is 0.307 e. The molecule has 2 fully saturated rings. The van der Waals surface area contributed by atoms with E-state index >= 15 is 0 Å². The Bertz CT molecular complexity index is 875. The molecule has 2 heterocycles. The Morgan fingerprint density at radius 2 is 1.90 bits per heavy atom. The number of imide groups is 1. The second-order valence-corrected chi connectivity index (χ2v) is 7.70. The van der Waals surface area contributed by atoms with Crippen LogP contribution in [0, 0.1) is 22.0 Å². The first-order chi connectivity index (χ1) is 14.5. The van der Waals surface area contributed by atoms with Gasteiger partial charge in [-0.2, -0.15) is 0 Å². The molecule has 1 saturated heterocycles. The molecule has 160 valence electrons. The van der Waals surface area contributed by atoms with Crippen LogP contribution in [0.2, 0.25) is 0 Å². The highest BCUT2D eigenvalue weighted by molar-refractivity contribution is 6.05. The van der Waals surface area contributed by atoms with Gasteiger partial charge in [-0.1, -0.05) is 12.8 Å². The van der Waals surface area contributed by atoms with Crippen LogP contribution in [0.25, 0.3) is 0 Å². The van der Waals surface area contributed by atoms with Crippen molar-refractivity contribution in [3.8, 4) is 5.75 Å². The molecule has 3 aliphatic rings. The molecule has 0 unspecified atom stereocenters. The maximum absolute atomic E-state index is 12.5. The molecule has 0 bridgehead atoms. The molecule has 2 aliphatic heterocycles. The molecule has 10 heteroatoms. The minimum Gasteiger partial charge on any atom is -0.467 e. The minimum absolute atomic E-state index is 0.00722. The number of fused-ring (bicyclic) bond motifs is 2. The van der Waals surface area contributed by atoms with Crippen LogP contribution in [0.3, 0.4) is 0 Å². The predicted molar refractivity (Wildman–Crippen MR) is 100.0 cm³/mol. The molecule has 0 aromatic heterocycles. The molecule has 0 spiro atoms. The van der Waals surface area contributed by atoms with Gasteiger partial charge in [-0.25, -0.2) is 0 Å². The second kappa shape index (κ2) is 8.39. The monoisotopic (exact) mass is 418 g/mol. The summed E-state index contributed by atoms with van der Waals surface area (Å²) in [5.74, 6) is -1.08. The zero-order valence-electron chi connectivity index (χ0n) is 16.3. The summed E-state index contributed by atoms with van der Waals surface area (Å²) in [5, 5.41) is 11.1. The van der Waals surface area contributed by atoms with Crippen LogP contribution in [0.15, 0.2) is 12.1 Å². The van der Waals surface area contributed by atoms with Crippen molar-refractivity contribution in [3.05, 3.63) is 33.4 Å². The van der Waals surface area contributed by atoms with Crippen LogP contribution in [0.1, 0.15) is 43.2 Å². The average molecular weight is 418 g/mol. The maximum atomic E-state index is 12.5. The van der Waals surface area contributed by atoms with Gasteiger partial charge in [-0.3, -0.25) is 29.4 Å². The van der Waals surface area contributed by atoms with E-state index in [1.807, 2.05) is 0 Å². The number of carbonyl (C=O) groups excluding carboxylic acids is 3. The van der Waals surface area contributed by atoms with Crippen molar-refractivity contribution < 1.29 is 33.5 Å². The third-order valence-electron chi connectivity index (χ3n) is 5.84. The fourth-order valence-corrected chi connectivity index (χ4v) is 4.38. The number of amides is 2. The molecular weight excluding hydrogens is 396 g/mol. The summed E-state index contributed by atoms with van der Waals surface area (Å²) in [6.07, 6.45) is 3.20. The fourth-order valence-electron chi connectivity index (χ4n) is 4.38. The van der Waals surface area contributed by atoms with Crippen LogP contribution in [0.5, 0.6) is 5.75 Å². The standard InChI is InChI=1S/C20H22N2O8/c23-17(5-6-21-19(24)15-3-1-2-4-16(15)20(21)25)29-10-13-8-14(22(26)27)7-12-9-28-11-30-18(12)13/h7-8,15-16H,1-6,9-11H2/t15-,16-/m0/s1. The lowest BCUT2D eigenvalue weighted by molar-refractivity contribution is -0.385. The normalized spacial score (nSPS) is 22.9. The van der Waals surface area contributed by atoms with Crippen LogP contribution >= 0.6 is 0 Å². The van der Waals surface area contributed by atoms with Gasteiger partial charge in [0.25, 0.3) is 5.69 Å². The minimum atomic E-state index is -0.599. The number of likely N-dealkylation sites (tertiary alicyclic amines) is 1. The number of esters is 1. The largest absolute Gasteiger partial charge is 0.467 e. The van der Waals surface area contributed by atoms with Crippen LogP contribution in [0.4, 0.5) is 5.69 Å². The Balaban J connectivity index is 1.36. The summed E-state index contributed by atoms with van der Waals surface area (Å²) in [6, 6.07) is 2.67. The highest BCUT2D eigenvalue weighted by Gasteiger charge is 2.47. The summed E-state index contributed by atoms with van der Waals surface area (Å²) in [6.45, 7) is -0.0520. The molecule has 10 nitrogen and oxygen atoms in total. The lowest BCUT2D eigenvalue weighted by atomic mass is 9.81. The smallest absolute Gasteiger partial charge is 0.307 e. The van der Waals surface area contributed by atoms with E-state index in [4.69, 9.17) is 14.2 Å². The van der Waals surface area contributed by atoms with Crippen molar-refractivity contribution in [1.29, 1.82) is 0 Å². The molecule has 1 aromatic carbocycles. The molecule has 1 aromatic rings. The van der Waals surface area contributed by atoms with Crippen molar-refractivity contribution in [2.24, 2.45) is 11.8 Å². The van der Waals surface area contributed by atoms with Gasteiger partial charge in [0.15, 0.2) is 6.79 Å². The highest BCUT2D eigenvalue weighted by atomic mass is 16.7. The lowest BCUT2D eigenvalue weighted by Crippen LogP contribution is -2.33. The molecule has 0 radical (unpaired) electrons. The Kier molecular flexibility index (Phi) is 5.67. The number of nitro benzene ring substituents is 1. The second-order valence-electron chi connectivity index (χ2n) is 7.70. The number of carbonyl (C=O) groups is 3. The third-order valence-corrected chi connectivity index (χ3v) is 5.84. The molecule has 30 heavy (non-hydrogen) atoms. The first kappa shape index (κ1) is 20.3. The first-order valence-electron chi connectivity index (χ1n) is 9.97. The third kappa shape index (κ3) is 3.87. The predicted octanol–water partition coefficient (Wildman–Crippen LogP) is 2.07. The topological polar surface area (TPSA) is 125 Å². The van der Waals surface area contributed by atoms with E-state index in [2.05, 4.69) is 0 Å². The average Bonchev–Trinajstić information content (AvgIpc) is 3.00. The number of ether oxygens (including phenoxy) is 3. The Labute approximate surface area is 172 Å². The van der Waals surface area contributed by atoms with Crippen LogP contribution in [-0.2, 0) is 37.1 Å². The van der Waals surface area contributed by atoms with Crippen LogP contribution < -0.4 is 4.74 Å².